The van der Waals surface area contributed by atoms with E-state index in [-0.39, 0.29) is 5.91 Å². The first-order valence-electron chi connectivity index (χ1n) is 6.48. The fraction of sp³-hybridized carbons (Fsp3) is 0.429. The average Bonchev–Trinajstić information content (AvgIpc) is 3.20. The molecule has 5 nitrogen and oxygen atoms in total. The van der Waals surface area contributed by atoms with E-state index in [1.54, 1.807) is 0 Å². The molecular formula is C14H16N2O3. The van der Waals surface area contributed by atoms with Crippen LogP contribution < -0.4 is 10.2 Å². The number of nitrogens with zero attached hydrogens (tertiary/aromatic N) is 1. The molecule has 1 aromatic rings. The van der Waals surface area contributed by atoms with Crippen LogP contribution >= 0.6 is 0 Å². The summed E-state index contributed by atoms with van der Waals surface area (Å²) in [5.41, 5.74) is 0.999. The molecule has 1 aliphatic heterocycles. The molecule has 1 saturated heterocycles. The van der Waals surface area contributed by atoms with Gasteiger partial charge in [-0.25, -0.2) is 0 Å². The van der Waals surface area contributed by atoms with Crippen LogP contribution in [0.2, 0.25) is 0 Å². The number of para-hydroxylation sites is 1. The number of hydrogen-bond donors (Lipinski definition) is 2. The van der Waals surface area contributed by atoms with E-state index in [2.05, 4.69) is 5.32 Å². The predicted octanol–water partition coefficient (Wildman–Crippen LogP) is 0.739. The molecule has 5 heteroatoms. The number of nitrogens with one attached hydrogen (secondary N) is 1. The Kier molecular flexibility index (Phi) is 2.69. The molecule has 19 heavy (non-hydrogen) atoms. The van der Waals surface area contributed by atoms with E-state index in [1.807, 2.05) is 29.2 Å². The summed E-state index contributed by atoms with van der Waals surface area (Å²) in [4.78, 5) is 24.9. The van der Waals surface area contributed by atoms with E-state index in [1.165, 1.54) is 0 Å². The van der Waals surface area contributed by atoms with Gasteiger partial charge >= 0.3 is 5.97 Å². The number of benzene rings is 1. The molecule has 0 unspecified atom stereocenters. The lowest BCUT2D eigenvalue weighted by Crippen LogP contribution is -2.48. The van der Waals surface area contributed by atoms with E-state index >= 15 is 0 Å². The predicted molar refractivity (Wildman–Crippen MR) is 70.2 cm³/mol. The van der Waals surface area contributed by atoms with Crippen LogP contribution in [0.5, 0.6) is 0 Å². The maximum Gasteiger partial charge on any atom is 0.314 e. The summed E-state index contributed by atoms with van der Waals surface area (Å²) in [5.74, 6) is -0.775. The van der Waals surface area contributed by atoms with Crippen LogP contribution in [0.4, 0.5) is 5.69 Å². The van der Waals surface area contributed by atoms with Crippen LogP contribution in [-0.2, 0) is 15.0 Å². The second-order valence-corrected chi connectivity index (χ2v) is 5.18. The highest BCUT2D eigenvalue weighted by atomic mass is 16.4. The number of piperazine rings is 1. The smallest absolute Gasteiger partial charge is 0.314 e. The third kappa shape index (κ3) is 1.95. The third-order valence-corrected chi connectivity index (χ3v) is 3.96. The van der Waals surface area contributed by atoms with E-state index in [0.717, 1.165) is 17.8 Å². The van der Waals surface area contributed by atoms with Gasteiger partial charge < -0.3 is 15.3 Å². The van der Waals surface area contributed by atoms with E-state index in [4.69, 9.17) is 0 Å². The fourth-order valence-corrected chi connectivity index (χ4v) is 2.72. The Bertz CT molecular complexity index is 537. The lowest BCUT2D eigenvalue weighted by molar-refractivity contribution is -0.140. The highest BCUT2D eigenvalue weighted by Crippen LogP contribution is 2.51. The summed E-state index contributed by atoms with van der Waals surface area (Å²) >= 11 is 0. The highest BCUT2D eigenvalue weighted by molar-refractivity contribution is 5.89. The summed E-state index contributed by atoms with van der Waals surface area (Å²) < 4.78 is 0. The lowest BCUT2D eigenvalue weighted by Gasteiger charge is -2.31. The topological polar surface area (TPSA) is 69.6 Å². The van der Waals surface area contributed by atoms with Gasteiger partial charge in [-0.2, -0.15) is 0 Å². The summed E-state index contributed by atoms with van der Waals surface area (Å²) in [7, 11) is 0. The van der Waals surface area contributed by atoms with Gasteiger partial charge in [-0.15, -0.1) is 0 Å². The molecule has 1 heterocycles. The number of amides is 1. The number of carbonyl (C=O) groups excluding carboxylic acids is 1. The summed E-state index contributed by atoms with van der Waals surface area (Å²) in [6, 6.07) is 7.55. The van der Waals surface area contributed by atoms with Gasteiger partial charge in [-0.1, -0.05) is 18.2 Å². The van der Waals surface area contributed by atoms with Crippen molar-refractivity contribution in [1.82, 2.24) is 5.32 Å². The minimum absolute atomic E-state index is 0.0128. The Morgan fingerprint density at radius 2 is 2.05 bits per heavy atom. The Morgan fingerprint density at radius 1 is 1.32 bits per heavy atom. The molecule has 2 aliphatic rings. The highest BCUT2D eigenvalue weighted by Gasteiger charge is 2.53. The Morgan fingerprint density at radius 3 is 2.68 bits per heavy atom. The molecular weight excluding hydrogens is 244 g/mol. The van der Waals surface area contributed by atoms with Gasteiger partial charge in [0.05, 0.1) is 12.0 Å². The van der Waals surface area contributed by atoms with E-state index in [9.17, 15) is 14.7 Å². The van der Waals surface area contributed by atoms with Gasteiger partial charge in [0, 0.05) is 18.8 Å². The number of anilines is 1. The van der Waals surface area contributed by atoms with E-state index < -0.39 is 11.4 Å². The van der Waals surface area contributed by atoms with Crippen LogP contribution in [0.1, 0.15) is 18.4 Å². The quantitative estimate of drug-likeness (QED) is 0.841. The first-order valence-corrected chi connectivity index (χ1v) is 6.48. The van der Waals surface area contributed by atoms with Crippen LogP contribution in [0, 0.1) is 0 Å². The molecule has 1 amide bonds. The minimum atomic E-state index is -0.763. The number of rotatable bonds is 3. The van der Waals surface area contributed by atoms with Crippen molar-refractivity contribution in [3.63, 3.8) is 0 Å². The maximum absolute atomic E-state index is 11.5. The zero-order valence-electron chi connectivity index (χ0n) is 10.6. The van der Waals surface area contributed by atoms with Crippen molar-refractivity contribution in [1.29, 1.82) is 0 Å². The van der Waals surface area contributed by atoms with Crippen molar-refractivity contribution in [3.8, 4) is 0 Å². The zero-order chi connectivity index (χ0) is 13.5. The Labute approximate surface area is 111 Å². The first kappa shape index (κ1) is 12.0. The molecule has 0 aromatic heterocycles. The number of carbonyl (C=O) groups is 2. The molecule has 0 spiro atoms. The molecule has 1 aliphatic carbocycles. The second kappa shape index (κ2) is 4.26. The minimum Gasteiger partial charge on any atom is -0.481 e. The van der Waals surface area contributed by atoms with Crippen LogP contribution in [0.25, 0.3) is 0 Å². The Hall–Kier alpha value is -2.04. The molecule has 2 N–H and O–H groups in total. The van der Waals surface area contributed by atoms with Crippen molar-refractivity contribution in [2.24, 2.45) is 0 Å². The normalized spacial score (nSPS) is 20.8. The van der Waals surface area contributed by atoms with Gasteiger partial charge in [-0.05, 0) is 24.5 Å². The summed E-state index contributed by atoms with van der Waals surface area (Å²) in [6.07, 6.45) is 1.36. The van der Waals surface area contributed by atoms with Crippen molar-refractivity contribution in [2.75, 3.05) is 24.5 Å². The number of carboxylic acids is 1. The largest absolute Gasteiger partial charge is 0.481 e. The molecule has 2 fully saturated rings. The van der Waals surface area contributed by atoms with Gasteiger partial charge in [0.1, 0.15) is 0 Å². The van der Waals surface area contributed by atoms with Gasteiger partial charge in [0.15, 0.2) is 0 Å². The van der Waals surface area contributed by atoms with Crippen LogP contribution in [0.3, 0.4) is 0 Å². The lowest BCUT2D eigenvalue weighted by atomic mass is 9.93. The van der Waals surface area contributed by atoms with Crippen molar-refractivity contribution >= 4 is 17.6 Å². The number of aliphatic carboxylic acids is 1. The van der Waals surface area contributed by atoms with Crippen molar-refractivity contribution < 1.29 is 14.7 Å². The standard InChI is InChI=1S/C14H16N2O3/c17-12-9-16(8-7-15-12)11-4-2-1-3-10(11)14(5-6-14)13(18)19/h1-4H,5-9H2,(H,15,17)(H,18,19). The number of hydrogen-bond acceptors (Lipinski definition) is 3. The molecule has 1 saturated carbocycles. The van der Waals surface area contributed by atoms with Crippen LogP contribution in [-0.4, -0.2) is 36.6 Å². The zero-order valence-corrected chi connectivity index (χ0v) is 10.6. The molecule has 0 atom stereocenters. The average molecular weight is 260 g/mol. The maximum atomic E-state index is 11.5. The van der Waals surface area contributed by atoms with Gasteiger partial charge in [0.25, 0.3) is 0 Å². The van der Waals surface area contributed by atoms with Crippen molar-refractivity contribution in [3.05, 3.63) is 29.8 Å². The molecule has 3 rings (SSSR count). The number of carboxylic acid groups (broad SMARTS) is 1. The fourth-order valence-electron chi connectivity index (χ4n) is 2.72. The summed E-state index contributed by atoms with van der Waals surface area (Å²) in [6.45, 7) is 1.62. The van der Waals surface area contributed by atoms with Gasteiger partial charge in [-0.3, -0.25) is 9.59 Å². The second-order valence-electron chi connectivity index (χ2n) is 5.18. The van der Waals surface area contributed by atoms with Crippen LogP contribution in [0.15, 0.2) is 24.3 Å². The Balaban J connectivity index is 1.98. The summed E-state index contributed by atoms with van der Waals surface area (Å²) in [5, 5.41) is 12.2. The van der Waals surface area contributed by atoms with Gasteiger partial charge in [0.2, 0.25) is 5.91 Å². The third-order valence-electron chi connectivity index (χ3n) is 3.96. The SMILES string of the molecule is O=C1CN(c2ccccc2C2(C(=O)O)CC2)CCN1. The molecule has 100 valence electrons. The monoisotopic (exact) mass is 260 g/mol. The first-order chi connectivity index (χ1) is 9.13. The molecule has 0 bridgehead atoms. The van der Waals surface area contributed by atoms with E-state index in [0.29, 0.717) is 25.9 Å². The molecule has 0 radical (unpaired) electrons. The van der Waals surface area contributed by atoms with Crippen molar-refractivity contribution in [2.45, 2.75) is 18.3 Å². The molecule has 1 aromatic carbocycles.